The Morgan fingerprint density at radius 3 is 3.19 bits per heavy atom. The summed E-state index contributed by atoms with van der Waals surface area (Å²) in [6.07, 6.45) is 8.40. The van der Waals surface area contributed by atoms with Crippen LogP contribution in [-0.2, 0) is 17.8 Å². The molecule has 0 aliphatic carbocycles. The Bertz CT molecular complexity index is 877. The van der Waals surface area contributed by atoms with Crippen molar-refractivity contribution in [1.82, 2.24) is 40.5 Å². The molecule has 3 aromatic rings. The minimum Gasteiger partial charge on any atom is -0.355 e. The van der Waals surface area contributed by atoms with Crippen molar-refractivity contribution in [2.45, 2.75) is 38.1 Å². The van der Waals surface area contributed by atoms with Gasteiger partial charge in [-0.3, -0.25) is 14.8 Å². The lowest BCUT2D eigenvalue weighted by molar-refractivity contribution is -0.122. The number of carbonyl (C=O) groups excluding carboxylic acids is 1. The van der Waals surface area contributed by atoms with Crippen molar-refractivity contribution in [2.24, 2.45) is 0 Å². The maximum atomic E-state index is 12.6. The van der Waals surface area contributed by atoms with Gasteiger partial charge in [0.25, 0.3) is 0 Å². The van der Waals surface area contributed by atoms with Gasteiger partial charge in [-0.25, -0.2) is 9.67 Å². The van der Waals surface area contributed by atoms with Gasteiger partial charge in [0.15, 0.2) is 5.82 Å². The first-order valence-corrected chi connectivity index (χ1v) is 9.44. The minimum absolute atomic E-state index is 0.0210. The van der Waals surface area contributed by atoms with Gasteiger partial charge in [-0.2, -0.15) is 0 Å². The molecular weight excluding hydrogens is 352 g/mol. The largest absolute Gasteiger partial charge is 0.355 e. The second-order valence-electron chi connectivity index (χ2n) is 6.08. The summed E-state index contributed by atoms with van der Waals surface area (Å²) in [7, 11) is 0. The van der Waals surface area contributed by atoms with Crippen LogP contribution >= 0.6 is 11.3 Å². The number of nitrogens with zero attached hydrogens (tertiary/aromatic N) is 7. The molecule has 9 nitrogen and oxygen atoms in total. The molecule has 1 amide bonds. The highest BCUT2D eigenvalue weighted by Gasteiger charge is 2.28. The maximum Gasteiger partial charge on any atom is 0.230 e. The van der Waals surface area contributed by atoms with E-state index in [0.29, 0.717) is 18.8 Å². The van der Waals surface area contributed by atoms with Crippen LogP contribution < -0.4 is 5.32 Å². The van der Waals surface area contributed by atoms with Gasteiger partial charge >= 0.3 is 0 Å². The number of tetrazole rings is 1. The van der Waals surface area contributed by atoms with Crippen molar-refractivity contribution in [3.05, 3.63) is 35.5 Å². The predicted molar refractivity (Wildman–Crippen MR) is 94.3 cm³/mol. The molecule has 1 aliphatic heterocycles. The number of hydrogen-bond donors (Lipinski definition) is 1. The second-order valence-corrected chi connectivity index (χ2v) is 6.94. The summed E-state index contributed by atoms with van der Waals surface area (Å²) in [6.45, 7) is 1.30. The third-order valence-corrected chi connectivity index (χ3v) is 5.23. The SMILES string of the molecule is O=C(NCCc1csc(-c2cnccn2)n1)[C@H]1CCCCn2nnnc21. The molecule has 134 valence electrons. The number of thiazole rings is 1. The quantitative estimate of drug-likeness (QED) is 0.718. The summed E-state index contributed by atoms with van der Waals surface area (Å²) in [6, 6.07) is 0. The Balaban J connectivity index is 1.34. The first kappa shape index (κ1) is 16.7. The highest BCUT2D eigenvalue weighted by atomic mass is 32.1. The summed E-state index contributed by atoms with van der Waals surface area (Å²) in [4.78, 5) is 25.4. The highest BCUT2D eigenvalue weighted by Crippen LogP contribution is 2.24. The molecule has 0 aromatic carbocycles. The van der Waals surface area contributed by atoms with Crippen LogP contribution in [0.2, 0.25) is 0 Å². The first-order valence-electron chi connectivity index (χ1n) is 8.56. The average Bonchev–Trinajstić information content (AvgIpc) is 3.28. The Morgan fingerprint density at radius 2 is 2.31 bits per heavy atom. The summed E-state index contributed by atoms with van der Waals surface area (Å²) in [5.74, 6) is 0.365. The molecule has 1 N–H and O–H groups in total. The van der Waals surface area contributed by atoms with Crippen molar-refractivity contribution in [2.75, 3.05) is 6.54 Å². The lowest BCUT2D eigenvalue weighted by atomic mass is 10.0. The smallest absolute Gasteiger partial charge is 0.230 e. The van der Waals surface area contributed by atoms with Gasteiger partial charge in [-0.1, -0.05) is 6.42 Å². The molecule has 1 aliphatic rings. The standard InChI is InChI=1S/C16H18N8OS/c25-15(12-3-1-2-8-24-14(12)21-22-23-24)19-5-4-11-10-26-16(20-11)13-9-17-6-7-18-13/h6-7,9-10,12H,1-5,8H2,(H,19,25)/t12-/m0/s1. The second kappa shape index (κ2) is 7.65. The zero-order valence-corrected chi connectivity index (χ0v) is 14.9. The number of fused-ring (bicyclic) bond motifs is 1. The maximum absolute atomic E-state index is 12.6. The van der Waals surface area contributed by atoms with Gasteiger partial charge in [0, 0.05) is 37.3 Å². The molecule has 4 rings (SSSR count). The topological polar surface area (TPSA) is 111 Å². The van der Waals surface area contributed by atoms with E-state index < -0.39 is 0 Å². The fraction of sp³-hybridized carbons (Fsp3) is 0.438. The summed E-state index contributed by atoms with van der Waals surface area (Å²) in [5, 5.41) is 17.5. The zero-order chi connectivity index (χ0) is 17.8. The molecule has 0 fully saturated rings. The van der Waals surface area contributed by atoms with Crippen molar-refractivity contribution >= 4 is 17.2 Å². The van der Waals surface area contributed by atoms with E-state index in [-0.39, 0.29) is 11.8 Å². The lowest BCUT2D eigenvalue weighted by Crippen LogP contribution is -2.32. The average molecular weight is 370 g/mol. The summed E-state index contributed by atoms with van der Waals surface area (Å²) < 4.78 is 1.74. The molecule has 3 aromatic heterocycles. The van der Waals surface area contributed by atoms with Crippen LogP contribution in [0.4, 0.5) is 0 Å². The van der Waals surface area contributed by atoms with Gasteiger partial charge in [0.1, 0.15) is 10.7 Å². The molecule has 4 heterocycles. The van der Waals surface area contributed by atoms with Crippen LogP contribution in [0.5, 0.6) is 0 Å². The number of nitrogens with one attached hydrogen (secondary N) is 1. The van der Waals surface area contributed by atoms with E-state index in [0.717, 1.165) is 42.2 Å². The molecule has 0 spiro atoms. The number of aryl methyl sites for hydroxylation is 1. The number of rotatable bonds is 5. The third kappa shape index (κ3) is 3.59. The molecule has 1 atom stereocenters. The van der Waals surface area contributed by atoms with Crippen molar-refractivity contribution in [3.63, 3.8) is 0 Å². The molecule has 0 saturated heterocycles. The molecule has 10 heteroatoms. The number of hydrogen-bond acceptors (Lipinski definition) is 8. The first-order chi connectivity index (χ1) is 12.8. The van der Waals surface area contributed by atoms with Crippen LogP contribution in [0.15, 0.2) is 24.0 Å². The monoisotopic (exact) mass is 370 g/mol. The van der Waals surface area contributed by atoms with Crippen LogP contribution in [0.25, 0.3) is 10.7 Å². The Kier molecular flexibility index (Phi) is 4.91. The minimum atomic E-state index is -0.280. The van der Waals surface area contributed by atoms with E-state index in [1.165, 1.54) is 11.3 Å². The molecule has 0 saturated carbocycles. The van der Waals surface area contributed by atoms with E-state index in [4.69, 9.17) is 0 Å². The van der Waals surface area contributed by atoms with Crippen molar-refractivity contribution < 1.29 is 4.79 Å². The molecule has 26 heavy (non-hydrogen) atoms. The van der Waals surface area contributed by atoms with E-state index in [1.54, 1.807) is 23.3 Å². The van der Waals surface area contributed by atoms with Crippen LogP contribution in [0, 0.1) is 0 Å². The number of amides is 1. The summed E-state index contributed by atoms with van der Waals surface area (Å²) in [5.41, 5.74) is 1.69. The van der Waals surface area contributed by atoms with E-state index in [2.05, 4.69) is 35.8 Å². The Labute approximate surface area is 153 Å². The van der Waals surface area contributed by atoms with Crippen molar-refractivity contribution in [1.29, 1.82) is 0 Å². The molecule has 0 radical (unpaired) electrons. The fourth-order valence-electron chi connectivity index (χ4n) is 2.99. The molecule has 0 bridgehead atoms. The summed E-state index contributed by atoms with van der Waals surface area (Å²) >= 11 is 1.53. The van der Waals surface area contributed by atoms with Gasteiger partial charge < -0.3 is 5.32 Å². The highest BCUT2D eigenvalue weighted by molar-refractivity contribution is 7.13. The Hall–Kier alpha value is -2.75. The Morgan fingerprint density at radius 1 is 1.35 bits per heavy atom. The van der Waals surface area contributed by atoms with Crippen LogP contribution in [-0.4, -0.2) is 47.6 Å². The number of aromatic nitrogens is 7. The van der Waals surface area contributed by atoms with Crippen LogP contribution in [0.1, 0.15) is 36.7 Å². The fourth-order valence-corrected chi connectivity index (χ4v) is 3.81. The van der Waals surface area contributed by atoms with Gasteiger partial charge in [0.05, 0.1) is 17.8 Å². The third-order valence-electron chi connectivity index (χ3n) is 4.31. The van der Waals surface area contributed by atoms with E-state index in [9.17, 15) is 4.79 Å². The zero-order valence-electron chi connectivity index (χ0n) is 14.1. The lowest BCUT2D eigenvalue weighted by Gasteiger charge is -2.12. The molecular formula is C16H18N8OS. The van der Waals surface area contributed by atoms with Crippen LogP contribution in [0.3, 0.4) is 0 Å². The predicted octanol–water partition coefficient (Wildman–Crippen LogP) is 1.21. The van der Waals surface area contributed by atoms with Gasteiger partial charge in [-0.05, 0) is 23.3 Å². The number of carbonyl (C=O) groups is 1. The van der Waals surface area contributed by atoms with Crippen molar-refractivity contribution in [3.8, 4) is 10.7 Å². The molecule has 0 unspecified atom stereocenters. The normalized spacial score (nSPS) is 16.7. The van der Waals surface area contributed by atoms with Gasteiger partial charge in [-0.15, -0.1) is 16.4 Å². The van der Waals surface area contributed by atoms with E-state index >= 15 is 0 Å². The van der Waals surface area contributed by atoms with Gasteiger partial charge in [0.2, 0.25) is 5.91 Å². The van der Waals surface area contributed by atoms with E-state index in [1.807, 2.05) is 5.38 Å².